The molecule has 1 fully saturated rings. The molecule has 2 rings (SSSR count). The zero-order chi connectivity index (χ0) is 17.2. The third kappa shape index (κ3) is 5.73. The van der Waals surface area contributed by atoms with Gasteiger partial charge in [0.05, 0.1) is 10.7 Å². The van der Waals surface area contributed by atoms with E-state index in [9.17, 15) is 0 Å². The van der Waals surface area contributed by atoms with Crippen molar-refractivity contribution in [1.82, 2.24) is 15.5 Å². The molecule has 1 aromatic carbocycles. The summed E-state index contributed by atoms with van der Waals surface area (Å²) in [6, 6.07) is 8.09. The monoisotopic (exact) mass is 349 g/mol. The summed E-state index contributed by atoms with van der Waals surface area (Å²) in [5.74, 6) is 0.832. The lowest BCUT2D eigenvalue weighted by Gasteiger charge is -2.36. The second-order valence-electron chi connectivity index (χ2n) is 5.80. The van der Waals surface area contributed by atoms with Crippen molar-refractivity contribution in [3.05, 3.63) is 41.9 Å². The number of benzene rings is 1. The highest BCUT2D eigenvalue weighted by Gasteiger charge is 2.18. The molecule has 0 bridgehead atoms. The van der Waals surface area contributed by atoms with Gasteiger partial charge < -0.3 is 15.5 Å². The predicted molar refractivity (Wildman–Crippen MR) is 104 cm³/mol. The molecule has 132 valence electrons. The number of hydrogen-bond acceptors (Lipinski definition) is 3. The molecule has 0 amide bonds. The summed E-state index contributed by atoms with van der Waals surface area (Å²) < 4.78 is 0. The van der Waals surface area contributed by atoms with Crippen LogP contribution in [0.5, 0.6) is 0 Å². The van der Waals surface area contributed by atoms with Gasteiger partial charge in [0.2, 0.25) is 0 Å². The van der Waals surface area contributed by atoms with Gasteiger partial charge in [-0.3, -0.25) is 9.89 Å². The molecule has 24 heavy (non-hydrogen) atoms. The average Bonchev–Trinajstić information content (AvgIpc) is 2.62. The molecule has 0 saturated carbocycles. The molecule has 0 radical (unpaired) electrons. The lowest BCUT2D eigenvalue weighted by Crippen LogP contribution is -2.47. The lowest BCUT2D eigenvalue weighted by molar-refractivity contribution is 0.255. The molecule has 1 aromatic rings. The topological polar surface area (TPSA) is 42.9 Å². The molecule has 1 aliphatic heterocycles. The van der Waals surface area contributed by atoms with E-state index in [-0.39, 0.29) is 0 Å². The molecule has 0 aromatic heterocycles. The van der Waals surface area contributed by atoms with E-state index in [1.165, 1.54) is 0 Å². The normalized spacial score (nSPS) is 16.1. The zero-order valence-electron chi connectivity index (χ0n) is 14.5. The number of hydrogen-bond donors (Lipinski definition) is 2. The Labute approximate surface area is 150 Å². The first kappa shape index (κ1) is 18.6. The second kappa shape index (κ2) is 10.2. The number of rotatable bonds is 7. The minimum absolute atomic E-state index is 0.726. The third-order valence-corrected chi connectivity index (χ3v) is 4.47. The molecule has 0 aliphatic carbocycles. The highest BCUT2D eigenvalue weighted by Crippen LogP contribution is 2.25. The van der Waals surface area contributed by atoms with Crippen molar-refractivity contribution < 1.29 is 0 Å². The summed E-state index contributed by atoms with van der Waals surface area (Å²) in [6.07, 6.45) is 2.92. The van der Waals surface area contributed by atoms with E-state index in [2.05, 4.69) is 38.1 Å². The van der Waals surface area contributed by atoms with Gasteiger partial charge in [0.25, 0.3) is 0 Å². The Morgan fingerprint density at radius 2 is 2.00 bits per heavy atom. The fraction of sp³-hybridized carbons (Fsp3) is 0.500. The first-order valence-corrected chi connectivity index (χ1v) is 8.89. The van der Waals surface area contributed by atoms with Gasteiger partial charge in [0.1, 0.15) is 0 Å². The lowest BCUT2D eigenvalue weighted by atomic mass is 10.2. The maximum atomic E-state index is 6.29. The van der Waals surface area contributed by atoms with Crippen molar-refractivity contribution in [2.45, 2.75) is 6.42 Å². The van der Waals surface area contributed by atoms with Crippen LogP contribution in [0.2, 0.25) is 5.02 Å². The number of nitrogens with zero attached hydrogens (tertiary/aromatic N) is 3. The van der Waals surface area contributed by atoms with Crippen LogP contribution in [0.15, 0.2) is 41.9 Å². The molecule has 1 aliphatic rings. The molecular formula is C18H28ClN5. The number of para-hydroxylation sites is 1. The van der Waals surface area contributed by atoms with Crippen LogP contribution in [-0.4, -0.2) is 63.7 Å². The first-order chi connectivity index (χ1) is 11.7. The summed E-state index contributed by atoms with van der Waals surface area (Å²) >= 11 is 6.29. The predicted octanol–water partition coefficient (Wildman–Crippen LogP) is 2.20. The smallest absolute Gasteiger partial charge is 0.191 e. The fourth-order valence-corrected chi connectivity index (χ4v) is 3.07. The van der Waals surface area contributed by atoms with Crippen molar-refractivity contribution in [3.63, 3.8) is 0 Å². The maximum Gasteiger partial charge on any atom is 0.191 e. The highest BCUT2D eigenvalue weighted by molar-refractivity contribution is 6.33. The number of halogens is 1. The van der Waals surface area contributed by atoms with Gasteiger partial charge in [-0.1, -0.05) is 29.8 Å². The van der Waals surface area contributed by atoms with Crippen LogP contribution in [0.25, 0.3) is 0 Å². The van der Waals surface area contributed by atoms with E-state index >= 15 is 0 Å². The summed E-state index contributed by atoms with van der Waals surface area (Å²) in [4.78, 5) is 9.06. The zero-order valence-corrected chi connectivity index (χ0v) is 15.2. The van der Waals surface area contributed by atoms with E-state index in [0.717, 1.165) is 68.9 Å². The average molecular weight is 350 g/mol. The molecule has 0 spiro atoms. The summed E-state index contributed by atoms with van der Waals surface area (Å²) in [5.41, 5.74) is 1.15. The van der Waals surface area contributed by atoms with Crippen molar-refractivity contribution in [3.8, 4) is 0 Å². The van der Waals surface area contributed by atoms with Crippen LogP contribution in [0.4, 0.5) is 5.69 Å². The van der Waals surface area contributed by atoms with E-state index in [4.69, 9.17) is 11.6 Å². The number of nitrogens with one attached hydrogen (secondary N) is 2. The molecule has 0 atom stereocenters. The second-order valence-corrected chi connectivity index (χ2v) is 6.21. The van der Waals surface area contributed by atoms with Crippen LogP contribution in [-0.2, 0) is 0 Å². The molecular weight excluding hydrogens is 322 g/mol. The van der Waals surface area contributed by atoms with Gasteiger partial charge in [-0.05, 0) is 25.1 Å². The summed E-state index contributed by atoms with van der Waals surface area (Å²) in [5, 5.41) is 7.34. The number of piperazine rings is 1. The Balaban J connectivity index is 1.65. The highest BCUT2D eigenvalue weighted by atomic mass is 35.5. The largest absolute Gasteiger partial charge is 0.368 e. The maximum absolute atomic E-state index is 6.29. The van der Waals surface area contributed by atoms with E-state index in [1.54, 1.807) is 7.05 Å². The third-order valence-electron chi connectivity index (χ3n) is 4.15. The molecule has 1 saturated heterocycles. The molecule has 2 N–H and O–H groups in total. The van der Waals surface area contributed by atoms with Gasteiger partial charge in [0, 0.05) is 46.3 Å². The van der Waals surface area contributed by atoms with Crippen LogP contribution < -0.4 is 15.5 Å². The van der Waals surface area contributed by atoms with Crippen LogP contribution >= 0.6 is 11.6 Å². The number of guanidine groups is 1. The summed E-state index contributed by atoms with van der Waals surface area (Å²) in [6.45, 7) is 10.6. The van der Waals surface area contributed by atoms with Crippen LogP contribution in [0.3, 0.4) is 0 Å². The standard InChI is InChI=1S/C18H28ClN5/c1-3-9-21-18(20-2)22-10-6-11-23-12-14-24(15-13-23)17-8-5-4-7-16(17)19/h3-5,7-8H,1,6,9-15H2,2H3,(H2,20,21,22). The van der Waals surface area contributed by atoms with Crippen molar-refractivity contribution >= 4 is 23.2 Å². The van der Waals surface area contributed by atoms with E-state index in [0.29, 0.717) is 0 Å². The Morgan fingerprint density at radius 3 is 2.67 bits per heavy atom. The van der Waals surface area contributed by atoms with Gasteiger partial charge in [-0.25, -0.2) is 0 Å². The Morgan fingerprint density at radius 1 is 1.25 bits per heavy atom. The van der Waals surface area contributed by atoms with E-state index in [1.807, 2.05) is 24.3 Å². The molecule has 5 nitrogen and oxygen atoms in total. The number of anilines is 1. The van der Waals surface area contributed by atoms with Gasteiger partial charge >= 0.3 is 0 Å². The van der Waals surface area contributed by atoms with Crippen LogP contribution in [0, 0.1) is 0 Å². The number of aliphatic imine (C=N–C) groups is 1. The SMILES string of the molecule is C=CCNC(=NC)NCCCN1CCN(c2ccccc2Cl)CC1. The Kier molecular flexibility index (Phi) is 7.92. The van der Waals surface area contributed by atoms with Gasteiger partial charge in [-0.15, -0.1) is 6.58 Å². The van der Waals surface area contributed by atoms with Crippen molar-refractivity contribution in [1.29, 1.82) is 0 Å². The van der Waals surface area contributed by atoms with Gasteiger partial charge in [0.15, 0.2) is 5.96 Å². The minimum atomic E-state index is 0.726. The van der Waals surface area contributed by atoms with Crippen LogP contribution in [0.1, 0.15) is 6.42 Å². The molecule has 1 heterocycles. The fourth-order valence-electron chi connectivity index (χ4n) is 2.82. The van der Waals surface area contributed by atoms with Gasteiger partial charge in [-0.2, -0.15) is 0 Å². The Bertz CT molecular complexity index is 538. The van der Waals surface area contributed by atoms with Crippen molar-refractivity contribution in [2.24, 2.45) is 4.99 Å². The first-order valence-electron chi connectivity index (χ1n) is 8.52. The molecule has 6 heteroatoms. The quantitative estimate of drug-likeness (QED) is 0.343. The van der Waals surface area contributed by atoms with E-state index < -0.39 is 0 Å². The minimum Gasteiger partial charge on any atom is -0.368 e. The van der Waals surface area contributed by atoms with Crippen molar-refractivity contribution in [2.75, 3.05) is 57.8 Å². The Hall–Kier alpha value is -1.72. The summed E-state index contributed by atoms with van der Waals surface area (Å²) in [7, 11) is 1.78. The molecule has 0 unspecified atom stereocenters.